The Morgan fingerprint density at radius 2 is 1.58 bits per heavy atom. The molecule has 0 unspecified atom stereocenters. The molecular formula is C24H26N6O. The summed E-state index contributed by atoms with van der Waals surface area (Å²) in [7, 11) is 1.73. The first-order valence-corrected chi connectivity index (χ1v) is 10.6. The molecule has 7 heteroatoms. The molecule has 0 N–H and O–H groups in total. The number of aromatic nitrogens is 4. The largest absolute Gasteiger partial charge is 0.495 e. The van der Waals surface area contributed by atoms with E-state index in [9.17, 15) is 0 Å². The van der Waals surface area contributed by atoms with Gasteiger partial charge in [-0.2, -0.15) is 5.10 Å². The van der Waals surface area contributed by atoms with Crippen LogP contribution in [0.2, 0.25) is 0 Å². The van der Waals surface area contributed by atoms with E-state index in [0.29, 0.717) is 0 Å². The van der Waals surface area contributed by atoms with Crippen LogP contribution < -0.4 is 14.5 Å². The van der Waals surface area contributed by atoms with Crippen molar-refractivity contribution in [3.05, 3.63) is 66.6 Å². The van der Waals surface area contributed by atoms with Gasteiger partial charge in [-0.25, -0.2) is 14.6 Å². The first-order chi connectivity index (χ1) is 15.3. The number of nitrogens with zero attached hydrogens (tertiary/aromatic N) is 6. The number of hydrogen-bond acceptors (Lipinski definition) is 6. The van der Waals surface area contributed by atoms with Crippen LogP contribution in [0.25, 0.3) is 16.7 Å². The van der Waals surface area contributed by atoms with Crippen LogP contribution >= 0.6 is 0 Å². The Kier molecular flexibility index (Phi) is 5.16. The Morgan fingerprint density at radius 3 is 2.42 bits per heavy atom. The smallest absolute Gasteiger partial charge is 0.168 e. The fraction of sp³-hybridized carbons (Fsp3) is 0.292. The number of ether oxygens (including phenoxy) is 1. The average Bonchev–Trinajstić information content (AvgIpc) is 3.00. The molecule has 0 radical (unpaired) electrons. The summed E-state index contributed by atoms with van der Waals surface area (Å²) in [5.41, 5.74) is 3.94. The highest BCUT2D eigenvalue weighted by molar-refractivity contribution is 5.90. The van der Waals surface area contributed by atoms with Crippen molar-refractivity contribution in [2.75, 3.05) is 43.1 Å². The van der Waals surface area contributed by atoms with Crippen LogP contribution in [0.1, 0.15) is 12.1 Å². The van der Waals surface area contributed by atoms with E-state index >= 15 is 0 Å². The molecule has 0 bridgehead atoms. The normalized spacial score (nSPS) is 14.6. The molecule has 0 amide bonds. The summed E-state index contributed by atoms with van der Waals surface area (Å²) >= 11 is 0. The number of aryl methyl sites for hydroxylation is 1. The molecule has 31 heavy (non-hydrogen) atoms. The molecule has 1 saturated heterocycles. The van der Waals surface area contributed by atoms with E-state index < -0.39 is 0 Å². The van der Waals surface area contributed by atoms with Gasteiger partial charge >= 0.3 is 0 Å². The number of rotatable bonds is 4. The van der Waals surface area contributed by atoms with E-state index in [2.05, 4.69) is 31.9 Å². The Hall–Kier alpha value is -3.61. The third kappa shape index (κ3) is 3.56. The van der Waals surface area contributed by atoms with E-state index in [0.717, 1.165) is 72.3 Å². The van der Waals surface area contributed by atoms with Gasteiger partial charge < -0.3 is 14.5 Å². The highest BCUT2D eigenvalue weighted by Crippen LogP contribution is 2.31. The summed E-state index contributed by atoms with van der Waals surface area (Å²) in [5.74, 6) is 1.88. The Morgan fingerprint density at radius 1 is 0.839 bits per heavy atom. The maximum absolute atomic E-state index is 5.58. The van der Waals surface area contributed by atoms with Gasteiger partial charge in [0.15, 0.2) is 5.65 Å². The van der Waals surface area contributed by atoms with Crippen molar-refractivity contribution >= 4 is 22.5 Å². The van der Waals surface area contributed by atoms with E-state index in [1.165, 1.54) is 0 Å². The third-order valence-corrected chi connectivity index (χ3v) is 5.84. The van der Waals surface area contributed by atoms with Gasteiger partial charge in [-0.3, -0.25) is 0 Å². The number of methoxy groups -OCH3 is 1. The maximum atomic E-state index is 5.58. The second-order valence-electron chi connectivity index (χ2n) is 7.73. The lowest BCUT2D eigenvalue weighted by Crippen LogP contribution is -2.31. The molecule has 1 fully saturated rings. The summed E-state index contributed by atoms with van der Waals surface area (Å²) in [6, 6.07) is 18.4. The first kappa shape index (κ1) is 19.4. The van der Waals surface area contributed by atoms with Crippen LogP contribution in [0, 0.1) is 6.92 Å². The van der Waals surface area contributed by atoms with Gasteiger partial charge in [-0.1, -0.05) is 30.3 Å². The lowest BCUT2D eigenvalue weighted by molar-refractivity contribution is 0.414. The molecule has 158 valence electrons. The number of para-hydroxylation sites is 3. The Bertz CT molecular complexity index is 1190. The monoisotopic (exact) mass is 414 g/mol. The molecule has 1 aliphatic heterocycles. The van der Waals surface area contributed by atoms with Crippen LogP contribution in [0.3, 0.4) is 0 Å². The summed E-state index contributed by atoms with van der Waals surface area (Å²) in [6.07, 6.45) is 2.69. The van der Waals surface area contributed by atoms with Crippen LogP contribution in [-0.2, 0) is 0 Å². The molecule has 2 aromatic carbocycles. The van der Waals surface area contributed by atoms with Gasteiger partial charge in [-0.15, -0.1) is 0 Å². The molecular weight excluding hydrogens is 388 g/mol. The fourth-order valence-electron chi connectivity index (χ4n) is 4.35. The van der Waals surface area contributed by atoms with Gasteiger partial charge in [0.25, 0.3) is 0 Å². The molecule has 0 atom stereocenters. The maximum Gasteiger partial charge on any atom is 0.168 e. The van der Waals surface area contributed by atoms with E-state index in [1.807, 2.05) is 54.1 Å². The van der Waals surface area contributed by atoms with Crippen molar-refractivity contribution < 1.29 is 4.74 Å². The Labute approximate surface area is 181 Å². The lowest BCUT2D eigenvalue weighted by atomic mass is 10.2. The van der Waals surface area contributed by atoms with Crippen molar-refractivity contribution in [1.82, 2.24) is 19.7 Å². The standard InChI is InChI=1S/C24H26N6O/c1-18-22-23(25-17-26-24(22)30(27-18)19-9-4-3-5-10-19)29-14-8-13-28(15-16-29)20-11-6-7-12-21(20)31-2/h3-7,9-12,17H,8,13-16H2,1-2H3. The van der Waals surface area contributed by atoms with Crippen molar-refractivity contribution in [3.8, 4) is 11.4 Å². The molecule has 5 rings (SSSR count). The van der Waals surface area contributed by atoms with Crippen LogP contribution in [-0.4, -0.2) is 53.0 Å². The SMILES string of the molecule is COc1ccccc1N1CCCN(c2ncnc3c2c(C)nn3-c2ccccc2)CC1. The van der Waals surface area contributed by atoms with Gasteiger partial charge in [0, 0.05) is 26.2 Å². The van der Waals surface area contributed by atoms with Gasteiger partial charge in [0.2, 0.25) is 0 Å². The van der Waals surface area contributed by atoms with Crippen LogP contribution in [0.15, 0.2) is 60.9 Å². The topological polar surface area (TPSA) is 59.3 Å². The van der Waals surface area contributed by atoms with E-state index in [-0.39, 0.29) is 0 Å². The van der Waals surface area contributed by atoms with Crippen molar-refractivity contribution in [1.29, 1.82) is 0 Å². The second-order valence-corrected chi connectivity index (χ2v) is 7.73. The lowest BCUT2D eigenvalue weighted by Gasteiger charge is -2.25. The van der Waals surface area contributed by atoms with E-state index in [4.69, 9.17) is 9.84 Å². The fourth-order valence-corrected chi connectivity index (χ4v) is 4.35. The molecule has 2 aromatic heterocycles. The molecule has 7 nitrogen and oxygen atoms in total. The minimum Gasteiger partial charge on any atom is -0.495 e. The van der Waals surface area contributed by atoms with Gasteiger partial charge in [0.05, 0.1) is 29.6 Å². The predicted octanol–water partition coefficient (Wildman–Crippen LogP) is 3.85. The van der Waals surface area contributed by atoms with Crippen molar-refractivity contribution in [3.63, 3.8) is 0 Å². The molecule has 1 aliphatic rings. The van der Waals surface area contributed by atoms with Crippen LogP contribution in [0.4, 0.5) is 11.5 Å². The quantitative estimate of drug-likeness (QED) is 0.506. The zero-order chi connectivity index (χ0) is 21.2. The van der Waals surface area contributed by atoms with E-state index in [1.54, 1.807) is 13.4 Å². The van der Waals surface area contributed by atoms with Crippen molar-refractivity contribution in [2.24, 2.45) is 0 Å². The predicted molar refractivity (Wildman–Crippen MR) is 123 cm³/mol. The zero-order valence-electron chi connectivity index (χ0n) is 17.9. The number of anilines is 2. The first-order valence-electron chi connectivity index (χ1n) is 10.6. The molecule has 0 saturated carbocycles. The molecule has 3 heterocycles. The molecule has 0 aliphatic carbocycles. The highest BCUT2D eigenvalue weighted by Gasteiger charge is 2.23. The van der Waals surface area contributed by atoms with Crippen LogP contribution in [0.5, 0.6) is 5.75 Å². The summed E-state index contributed by atoms with van der Waals surface area (Å²) in [6.45, 7) is 5.73. The second kappa shape index (κ2) is 8.26. The van der Waals surface area contributed by atoms with Gasteiger partial charge in [0.1, 0.15) is 17.9 Å². The summed E-state index contributed by atoms with van der Waals surface area (Å²) < 4.78 is 7.49. The third-order valence-electron chi connectivity index (χ3n) is 5.84. The summed E-state index contributed by atoms with van der Waals surface area (Å²) in [5, 5.41) is 5.81. The van der Waals surface area contributed by atoms with Crippen molar-refractivity contribution in [2.45, 2.75) is 13.3 Å². The van der Waals surface area contributed by atoms with Gasteiger partial charge in [-0.05, 0) is 37.6 Å². The number of fused-ring (bicyclic) bond motifs is 1. The minimum atomic E-state index is 0.847. The Balaban J connectivity index is 1.47. The summed E-state index contributed by atoms with van der Waals surface area (Å²) in [4.78, 5) is 14.0. The molecule has 4 aromatic rings. The highest BCUT2D eigenvalue weighted by atomic mass is 16.5. The number of benzene rings is 2. The zero-order valence-corrected chi connectivity index (χ0v) is 17.9. The number of hydrogen-bond donors (Lipinski definition) is 0. The average molecular weight is 415 g/mol. The molecule has 0 spiro atoms. The minimum absolute atomic E-state index is 0.847.